The average molecular weight is 408 g/mol. The molecule has 0 spiro atoms. The molecule has 4 heteroatoms. The molecule has 0 radical (unpaired) electrons. The van der Waals surface area contributed by atoms with Gasteiger partial charge in [-0.05, 0) is 41.9 Å². The highest BCUT2D eigenvalue weighted by molar-refractivity contribution is 5.74. The van der Waals surface area contributed by atoms with Crippen molar-refractivity contribution in [1.29, 1.82) is 0 Å². The summed E-state index contributed by atoms with van der Waals surface area (Å²) in [5.74, 6) is 0. The Hall–Kier alpha value is -2.33. The molecule has 1 heterocycles. The number of carbonyl (C=O) groups excluding carboxylic acids is 1. The Morgan fingerprint density at radius 2 is 1.63 bits per heavy atom. The number of urea groups is 1. The molecule has 0 bridgehead atoms. The van der Waals surface area contributed by atoms with Crippen LogP contribution in [0.25, 0.3) is 0 Å². The quantitative estimate of drug-likeness (QED) is 0.716. The minimum Gasteiger partial charge on any atom is -0.338 e. The first-order valence-corrected chi connectivity index (χ1v) is 11.3. The number of carbonyl (C=O) groups is 1. The molecule has 0 saturated carbocycles. The van der Waals surface area contributed by atoms with Crippen molar-refractivity contribution in [2.75, 3.05) is 19.6 Å². The van der Waals surface area contributed by atoms with E-state index in [0.717, 1.165) is 32.5 Å². The molecule has 2 aromatic carbocycles. The zero-order valence-electron chi connectivity index (χ0n) is 19.0. The second-order valence-electron chi connectivity index (χ2n) is 9.40. The van der Waals surface area contributed by atoms with E-state index in [-0.39, 0.29) is 17.5 Å². The van der Waals surface area contributed by atoms with Crippen molar-refractivity contribution in [3.8, 4) is 0 Å². The average Bonchev–Trinajstić information content (AvgIpc) is 2.73. The van der Waals surface area contributed by atoms with Crippen LogP contribution in [0.2, 0.25) is 0 Å². The van der Waals surface area contributed by atoms with Gasteiger partial charge in [-0.25, -0.2) is 4.79 Å². The number of amides is 2. The lowest BCUT2D eigenvalue weighted by Crippen LogP contribution is -2.50. The molecular formula is C26H37N3O. The molecule has 1 N–H and O–H groups in total. The molecule has 1 aliphatic heterocycles. The lowest BCUT2D eigenvalue weighted by atomic mass is 9.86. The van der Waals surface area contributed by atoms with E-state index >= 15 is 0 Å². The number of likely N-dealkylation sites (tertiary alicyclic amines) is 1. The molecule has 30 heavy (non-hydrogen) atoms. The molecule has 162 valence electrons. The molecule has 0 atom stereocenters. The second-order valence-corrected chi connectivity index (χ2v) is 9.40. The number of hydrogen-bond acceptors (Lipinski definition) is 2. The third-order valence-corrected chi connectivity index (χ3v) is 6.01. The molecule has 0 aliphatic carbocycles. The van der Waals surface area contributed by atoms with E-state index in [1.165, 1.54) is 16.7 Å². The highest BCUT2D eigenvalue weighted by atomic mass is 16.2. The molecule has 0 unspecified atom stereocenters. The topological polar surface area (TPSA) is 35.6 Å². The number of nitrogens with zero attached hydrogens (tertiary/aromatic N) is 2. The van der Waals surface area contributed by atoms with Crippen LogP contribution in [-0.2, 0) is 18.5 Å². The summed E-state index contributed by atoms with van der Waals surface area (Å²) in [4.78, 5) is 17.4. The molecule has 0 aromatic heterocycles. The molecular weight excluding hydrogens is 370 g/mol. The van der Waals surface area contributed by atoms with Gasteiger partial charge >= 0.3 is 6.03 Å². The van der Waals surface area contributed by atoms with E-state index < -0.39 is 0 Å². The van der Waals surface area contributed by atoms with Crippen LogP contribution in [0, 0.1) is 0 Å². The van der Waals surface area contributed by atoms with Gasteiger partial charge in [0, 0.05) is 38.8 Å². The van der Waals surface area contributed by atoms with E-state index in [0.29, 0.717) is 13.1 Å². The first-order valence-electron chi connectivity index (χ1n) is 11.3. The molecule has 2 aromatic rings. The fraction of sp³-hybridized carbons (Fsp3) is 0.500. The van der Waals surface area contributed by atoms with Crippen LogP contribution in [0.4, 0.5) is 4.79 Å². The number of hydrogen-bond donors (Lipinski definition) is 1. The fourth-order valence-electron chi connectivity index (χ4n) is 4.16. The molecule has 3 rings (SSSR count). The van der Waals surface area contributed by atoms with Gasteiger partial charge in [0.25, 0.3) is 0 Å². The van der Waals surface area contributed by atoms with E-state index in [9.17, 15) is 4.79 Å². The van der Waals surface area contributed by atoms with Crippen LogP contribution in [0.3, 0.4) is 0 Å². The predicted octanol–water partition coefficient (Wildman–Crippen LogP) is 5.18. The van der Waals surface area contributed by atoms with Crippen molar-refractivity contribution in [2.45, 2.75) is 65.1 Å². The summed E-state index contributed by atoms with van der Waals surface area (Å²) in [7, 11) is 0. The van der Waals surface area contributed by atoms with Gasteiger partial charge in [-0.15, -0.1) is 0 Å². The summed E-state index contributed by atoms with van der Waals surface area (Å²) in [5.41, 5.74) is 4.02. The Balaban J connectivity index is 1.63. The van der Waals surface area contributed by atoms with Crippen molar-refractivity contribution >= 4 is 6.03 Å². The van der Waals surface area contributed by atoms with Crippen LogP contribution in [0.1, 0.15) is 57.2 Å². The van der Waals surface area contributed by atoms with Crippen LogP contribution in [0.15, 0.2) is 54.6 Å². The van der Waals surface area contributed by atoms with Crippen molar-refractivity contribution in [3.63, 3.8) is 0 Å². The molecule has 1 aliphatic rings. The Labute approximate surface area is 182 Å². The Morgan fingerprint density at radius 1 is 1.00 bits per heavy atom. The molecule has 2 amide bonds. The van der Waals surface area contributed by atoms with Gasteiger partial charge < -0.3 is 10.2 Å². The minimum absolute atomic E-state index is 0.0545. The van der Waals surface area contributed by atoms with Gasteiger partial charge in [0.15, 0.2) is 0 Å². The maximum Gasteiger partial charge on any atom is 0.317 e. The normalized spacial score (nSPS) is 15.7. The van der Waals surface area contributed by atoms with Crippen molar-refractivity contribution in [1.82, 2.24) is 15.1 Å². The minimum atomic E-state index is 0.0545. The molecule has 1 saturated heterocycles. The number of rotatable bonds is 6. The number of benzene rings is 2. The lowest BCUT2D eigenvalue weighted by Gasteiger charge is -2.38. The summed E-state index contributed by atoms with van der Waals surface area (Å²) in [6.45, 7) is 13.0. The second kappa shape index (κ2) is 10.1. The summed E-state index contributed by atoms with van der Waals surface area (Å²) >= 11 is 0. The first-order chi connectivity index (χ1) is 14.4. The third kappa shape index (κ3) is 6.09. The van der Waals surface area contributed by atoms with Gasteiger partial charge in [-0.2, -0.15) is 0 Å². The Bertz CT molecular complexity index is 787. The van der Waals surface area contributed by atoms with Crippen LogP contribution < -0.4 is 5.32 Å². The van der Waals surface area contributed by atoms with Crippen LogP contribution in [0.5, 0.6) is 0 Å². The monoisotopic (exact) mass is 407 g/mol. The fourth-order valence-corrected chi connectivity index (χ4v) is 4.16. The van der Waals surface area contributed by atoms with Gasteiger partial charge in [-0.3, -0.25) is 4.90 Å². The zero-order chi connectivity index (χ0) is 21.6. The Morgan fingerprint density at radius 3 is 2.20 bits per heavy atom. The van der Waals surface area contributed by atoms with Gasteiger partial charge in [0.2, 0.25) is 0 Å². The SMILES string of the molecule is CCNC(=O)N(Cc1ccc(C(C)(C)C)cc1)C1CCN(Cc2ccccc2)CC1. The van der Waals surface area contributed by atoms with Crippen LogP contribution in [-0.4, -0.2) is 41.5 Å². The van der Waals surface area contributed by atoms with E-state index in [4.69, 9.17) is 0 Å². The maximum atomic E-state index is 12.8. The van der Waals surface area contributed by atoms with Crippen molar-refractivity contribution in [2.24, 2.45) is 0 Å². The van der Waals surface area contributed by atoms with E-state index in [2.05, 4.69) is 90.5 Å². The molecule has 4 nitrogen and oxygen atoms in total. The highest BCUT2D eigenvalue weighted by Gasteiger charge is 2.28. The van der Waals surface area contributed by atoms with Gasteiger partial charge in [-0.1, -0.05) is 75.4 Å². The summed E-state index contributed by atoms with van der Waals surface area (Å²) in [5, 5.41) is 3.02. The Kier molecular flexibility index (Phi) is 7.54. The van der Waals surface area contributed by atoms with Crippen molar-refractivity contribution in [3.05, 3.63) is 71.3 Å². The van der Waals surface area contributed by atoms with Crippen LogP contribution >= 0.6 is 0 Å². The standard InChI is InChI=1S/C26H37N3O/c1-5-27-25(30)29(20-22-11-13-23(14-12-22)26(2,3)4)24-15-17-28(18-16-24)19-21-9-7-6-8-10-21/h6-14,24H,5,15-20H2,1-4H3,(H,27,30). The summed E-state index contributed by atoms with van der Waals surface area (Å²) in [6.07, 6.45) is 2.04. The maximum absolute atomic E-state index is 12.8. The lowest BCUT2D eigenvalue weighted by molar-refractivity contribution is 0.113. The first kappa shape index (κ1) is 22.4. The van der Waals surface area contributed by atoms with Gasteiger partial charge in [0.05, 0.1) is 0 Å². The van der Waals surface area contributed by atoms with E-state index in [1.54, 1.807) is 0 Å². The predicted molar refractivity (Wildman–Crippen MR) is 124 cm³/mol. The highest BCUT2D eigenvalue weighted by Crippen LogP contribution is 2.24. The smallest absolute Gasteiger partial charge is 0.317 e. The number of piperidine rings is 1. The summed E-state index contributed by atoms with van der Waals surface area (Å²) < 4.78 is 0. The van der Waals surface area contributed by atoms with Crippen molar-refractivity contribution < 1.29 is 4.79 Å². The summed E-state index contributed by atoms with van der Waals surface area (Å²) in [6, 6.07) is 19.7. The zero-order valence-corrected chi connectivity index (χ0v) is 19.0. The largest absolute Gasteiger partial charge is 0.338 e. The van der Waals surface area contributed by atoms with E-state index in [1.807, 2.05) is 6.92 Å². The molecule has 1 fully saturated rings. The number of nitrogens with one attached hydrogen (secondary N) is 1. The van der Waals surface area contributed by atoms with Gasteiger partial charge in [0.1, 0.15) is 0 Å². The third-order valence-electron chi connectivity index (χ3n) is 6.01.